The Labute approximate surface area is 105 Å². The molecule has 1 heteroatoms. The van der Waals surface area contributed by atoms with Crippen LogP contribution in [-0.2, 0) is 6.42 Å². The first-order valence-corrected chi connectivity index (χ1v) is 7.10. The summed E-state index contributed by atoms with van der Waals surface area (Å²) in [6.07, 6.45) is 9.24. The molecule has 2 rings (SSSR count). The van der Waals surface area contributed by atoms with Crippen LogP contribution in [0.3, 0.4) is 0 Å². The van der Waals surface area contributed by atoms with Gasteiger partial charge in [-0.1, -0.05) is 38.3 Å². The van der Waals surface area contributed by atoms with Crippen LogP contribution in [0.5, 0.6) is 5.75 Å². The van der Waals surface area contributed by atoms with Crippen LogP contribution in [-0.4, -0.2) is 6.61 Å². The first-order chi connectivity index (χ1) is 8.38. The molecule has 1 aromatic carbocycles. The first kappa shape index (κ1) is 12.5. The molecule has 1 aromatic rings. The van der Waals surface area contributed by atoms with Crippen molar-refractivity contribution in [1.82, 2.24) is 0 Å². The predicted molar refractivity (Wildman–Crippen MR) is 72.5 cm³/mol. The summed E-state index contributed by atoms with van der Waals surface area (Å²) >= 11 is 0. The molecule has 1 aliphatic rings. The van der Waals surface area contributed by atoms with Gasteiger partial charge >= 0.3 is 0 Å². The van der Waals surface area contributed by atoms with Crippen LogP contribution in [0.2, 0.25) is 0 Å². The maximum absolute atomic E-state index is 5.80. The quantitative estimate of drug-likeness (QED) is 0.595. The molecule has 0 amide bonds. The zero-order valence-corrected chi connectivity index (χ0v) is 11.0. The Balaban J connectivity index is 1.74. The van der Waals surface area contributed by atoms with Crippen LogP contribution in [0.15, 0.2) is 24.3 Å². The molecule has 0 heterocycles. The van der Waals surface area contributed by atoms with Gasteiger partial charge in [-0.2, -0.15) is 0 Å². The minimum Gasteiger partial charge on any atom is -0.493 e. The topological polar surface area (TPSA) is 9.23 Å². The standard InChI is InChI=1S/C16H24O/c1-2-3-4-5-7-14-8-6-9-16(12-14)17-13-15-10-11-15/h6,8-9,12,15H,2-5,7,10-11,13H2,1H3. The van der Waals surface area contributed by atoms with Crippen LogP contribution in [0.4, 0.5) is 0 Å². The molecule has 1 nitrogen and oxygen atoms in total. The number of unbranched alkanes of at least 4 members (excludes halogenated alkanes) is 3. The molecule has 1 aliphatic carbocycles. The maximum Gasteiger partial charge on any atom is 0.119 e. The third kappa shape index (κ3) is 4.80. The van der Waals surface area contributed by atoms with Gasteiger partial charge in [0.15, 0.2) is 0 Å². The summed E-state index contributed by atoms with van der Waals surface area (Å²) in [5.74, 6) is 1.90. The second-order valence-electron chi connectivity index (χ2n) is 5.21. The summed E-state index contributed by atoms with van der Waals surface area (Å²) in [6, 6.07) is 8.64. The summed E-state index contributed by atoms with van der Waals surface area (Å²) < 4.78 is 5.80. The Morgan fingerprint density at radius 1 is 1.18 bits per heavy atom. The third-order valence-electron chi connectivity index (χ3n) is 3.40. The van der Waals surface area contributed by atoms with Gasteiger partial charge in [-0.05, 0) is 49.3 Å². The van der Waals surface area contributed by atoms with E-state index in [1.807, 2.05) is 0 Å². The summed E-state index contributed by atoms with van der Waals surface area (Å²) in [5, 5.41) is 0. The zero-order chi connectivity index (χ0) is 11.9. The molecule has 0 aliphatic heterocycles. The molecule has 0 saturated heterocycles. The van der Waals surface area contributed by atoms with Gasteiger partial charge in [0, 0.05) is 0 Å². The smallest absolute Gasteiger partial charge is 0.119 e. The molecule has 17 heavy (non-hydrogen) atoms. The summed E-state index contributed by atoms with van der Waals surface area (Å²) in [5.41, 5.74) is 1.43. The molecule has 0 spiro atoms. The van der Waals surface area contributed by atoms with Crippen LogP contribution in [0.25, 0.3) is 0 Å². The lowest BCUT2D eigenvalue weighted by atomic mass is 10.1. The lowest BCUT2D eigenvalue weighted by Gasteiger charge is -2.07. The molecule has 94 valence electrons. The Morgan fingerprint density at radius 2 is 2.06 bits per heavy atom. The zero-order valence-electron chi connectivity index (χ0n) is 11.0. The molecule has 1 saturated carbocycles. The van der Waals surface area contributed by atoms with E-state index in [0.717, 1.165) is 18.3 Å². The average Bonchev–Trinajstić information content (AvgIpc) is 3.17. The molecule has 0 atom stereocenters. The van der Waals surface area contributed by atoms with Gasteiger partial charge in [0.25, 0.3) is 0 Å². The van der Waals surface area contributed by atoms with Crippen molar-refractivity contribution in [2.45, 2.75) is 51.9 Å². The Morgan fingerprint density at radius 3 is 2.82 bits per heavy atom. The van der Waals surface area contributed by atoms with Gasteiger partial charge in [-0.15, -0.1) is 0 Å². The Hall–Kier alpha value is -0.980. The molecule has 0 unspecified atom stereocenters. The summed E-state index contributed by atoms with van der Waals surface area (Å²) in [4.78, 5) is 0. The highest BCUT2D eigenvalue weighted by atomic mass is 16.5. The molecular weight excluding hydrogens is 208 g/mol. The van der Waals surface area contributed by atoms with Gasteiger partial charge in [0.05, 0.1) is 6.61 Å². The second kappa shape index (κ2) is 6.68. The Bertz CT molecular complexity index is 328. The minimum absolute atomic E-state index is 0.836. The largest absolute Gasteiger partial charge is 0.493 e. The van der Waals surface area contributed by atoms with Gasteiger partial charge in [0.2, 0.25) is 0 Å². The number of hydrogen-bond acceptors (Lipinski definition) is 1. The van der Waals surface area contributed by atoms with E-state index in [1.165, 1.54) is 50.5 Å². The number of hydrogen-bond donors (Lipinski definition) is 0. The SMILES string of the molecule is CCCCCCc1cccc(OCC2CC2)c1. The van der Waals surface area contributed by atoms with Crippen molar-refractivity contribution in [2.24, 2.45) is 5.92 Å². The second-order valence-corrected chi connectivity index (χ2v) is 5.21. The van der Waals surface area contributed by atoms with Crippen molar-refractivity contribution in [3.63, 3.8) is 0 Å². The van der Waals surface area contributed by atoms with Crippen LogP contribution in [0, 0.1) is 5.92 Å². The molecule has 0 N–H and O–H groups in total. The number of benzene rings is 1. The highest BCUT2D eigenvalue weighted by Crippen LogP contribution is 2.29. The number of rotatable bonds is 8. The monoisotopic (exact) mass is 232 g/mol. The Kier molecular flexibility index (Phi) is 4.90. The average molecular weight is 232 g/mol. The first-order valence-electron chi connectivity index (χ1n) is 7.10. The van der Waals surface area contributed by atoms with Crippen molar-refractivity contribution < 1.29 is 4.74 Å². The fourth-order valence-corrected chi connectivity index (χ4v) is 2.05. The highest BCUT2D eigenvalue weighted by Gasteiger charge is 2.21. The molecule has 1 fully saturated rings. The fourth-order valence-electron chi connectivity index (χ4n) is 2.05. The number of aryl methyl sites for hydroxylation is 1. The number of ether oxygens (including phenoxy) is 1. The van der Waals surface area contributed by atoms with Crippen molar-refractivity contribution in [3.8, 4) is 5.75 Å². The van der Waals surface area contributed by atoms with Crippen molar-refractivity contribution in [1.29, 1.82) is 0 Å². The lowest BCUT2D eigenvalue weighted by molar-refractivity contribution is 0.299. The van der Waals surface area contributed by atoms with E-state index in [2.05, 4.69) is 31.2 Å². The van der Waals surface area contributed by atoms with Crippen LogP contribution < -0.4 is 4.74 Å². The van der Waals surface area contributed by atoms with Crippen LogP contribution in [0.1, 0.15) is 51.0 Å². The van der Waals surface area contributed by atoms with Gasteiger partial charge in [-0.25, -0.2) is 0 Å². The van der Waals surface area contributed by atoms with Crippen molar-refractivity contribution in [3.05, 3.63) is 29.8 Å². The summed E-state index contributed by atoms with van der Waals surface area (Å²) in [6.45, 7) is 3.17. The van der Waals surface area contributed by atoms with Gasteiger partial charge in [-0.3, -0.25) is 0 Å². The van der Waals surface area contributed by atoms with E-state index in [0.29, 0.717) is 0 Å². The maximum atomic E-state index is 5.80. The molecule has 0 bridgehead atoms. The van der Waals surface area contributed by atoms with E-state index in [4.69, 9.17) is 4.74 Å². The van der Waals surface area contributed by atoms with E-state index in [-0.39, 0.29) is 0 Å². The van der Waals surface area contributed by atoms with E-state index >= 15 is 0 Å². The fraction of sp³-hybridized carbons (Fsp3) is 0.625. The molecule has 0 radical (unpaired) electrons. The third-order valence-corrected chi connectivity index (χ3v) is 3.40. The van der Waals surface area contributed by atoms with E-state index in [1.54, 1.807) is 0 Å². The minimum atomic E-state index is 0.836. The normalized spacial score (nSPS) is 14.9. The van der Waals surface area contributed by atoms with Gasteiger partial charge < -0.3 is 4.74 Å². The van der Waals surface area contributed by atoms with Crippen molar-refractivity contribution in [2.75, 3.05) is 6.61 Å². The van der Waals surface area contributed by atoms with E-state index < -0.39 is 0 Å². The summed E-state index contributed by atoms with van der Waals surface area (Å²) in [7, 11) is 0. The van der Waals surface area contributed by atoms with Gasteiger partial charge in [0.1, 0.15) is 5.75 Å². The highest BCUT2D eigenvalue weighted by molar-refractivity contribution is 5.28. The lowest BCUT2D eigenvalue weighted by Crippen LogP contribution is -1.99. The van der Waals surface area contributed by atoms with Crippen molar-refractivity contribution >= 4 is 0 Å². The molecular formula is C16H24O. The predicted octanol–water partition coefficient (Wildman–Crippen LogP) is 4.60. The van der Waals surface area contributed by atoms with Crippen LogP contribution >= 0.6 is 0 Å². The van der Waals surface area contributed by atoms with E-state index in [9.17, 15) is 0 Å². The molecule has 0 aromatic heterocycles.